The molecule has 1 unspecified atom stereocenters. The van der Waals surface area contributed by atoms with Crippen molar-refractivity contribution in [2.24, 2.45) is 11.7 Å². The summed E-state index contributed by atoms with van der Waals surface area (Å²) in [5, 5.41) is 15.3. The Morgan fingerprint density at radius 1 is 1.13 bits per heavy atom. The molecule has 1 aromatic carbocycles. The molecular weight excluding hydrogens is 390 g/mol. The highest BCUT2D eigenvalue weighted by atomic mass is 16.5. The molecule has 9 heteroatoms. The van der Waals surface area contributed by atoms with Crippen LogP contribution in [-0.2, 0) is 30.5 Å². The summed E-state index contributed by atoms with van der Waals surface area (Å²) in [6.07, 6.45) is -1.18. The normalized spacial score (nSPS) is 13.9. The van der Waals surface area contributed by atoms with Gasteiger partial charge in [-0.25, -0.2) is 0 Å². The maximum atomic E-state index is 12.4. The quantitative estimate of drug-likeness (QED) is 0.330. The van der Waals surface area contributed by atoms with Gasteiger partial charge in [-0.2, -0.15) is 0 Å². The number of aliphatic hydroxyl groups excluding tert-OH is 1. The first kappa shape index (κ1) is 25.5. The van der Waals surface area contributed by atoms with Crippen molar-refractivity contribution in [3.05, 3.63) is 35.9 Å². The van der Waals surface area contributed by atoms with Crippen molar-refractivity contribution < 1.29 is 29.0 Å². The molecule has 9 nitrogen and oxygen atoms in total. The van der Waals surface area contributed by atoms with Crippen molar-refractivity contribution in [2.45, 2.75) is 52.0 Å². The third-order valence-electron chi connectivity index (χ3n) is 4.16. The van der Waals surface area contributed by atoms with E-state index in [1.807, 2.05) is 44.2 Å². The molecule has 1 rings (SSSR count). The van der Waals surface area contributed by atoms with E-state index in [1.54, 1.807) is 6.92 Å². The summed E-state index contributed by atoms with van der Waals surface area (Å²) in [5.41, 5.74) is 6.80. The molecule has 0 heterocycles. The van der Waals surface area contributed by atoms with Crippen LogP contribution in [-0.4, -0.2) is 60.8 Å². The topological polar surface area (TPSA) is 140 Å². The number of esters is 1. The van der Waals surface area contributed by atoms with Crippen molar-refractivity contribution in [1.82, 2.24) is 10.6 Å². The molecule has 0 radical (unpaired) electrons. The number of hydrogen-bond donors (Lipinski definition) is 4. The van der Waals surface area contributed by atoms with Gasteiger partial charge in [-0.3, -0.25) is 14.4 Å². The lowest BCUT2D eigenvalue weighted by molar-refractivity contribution is -0.145. The lowest BCUT2D eigenvalue weighted by Gasteiger charge is -2.25. The minimum atomic E-state index is -1.63. The molecule has 0 saturated carbocycles. The number of nitrogens with one attached hydrogen (secondary N) is 2. The van der Waals surface area contributed by atoms with Crippen LogP contribution in [0.4, 0.5) is 0 Å². The molecule has 0 fully saturated rings. The van der Waals surface area contributed by atoms with E-state index in [0.717, 1.165) is 5.56 Å². The lowest BCUT2D eigenvalue weighted by Crippen LogP contribution is -2.56. The van der Waals surface area contributed by atoms with Gasteiger partial charge in [0.05, 0.1) is 31.9 Å². The van der Waals surface area contributed by atoms with Gasteiger partial charge in [-0.1, -0.05) is 44.2 Å². The number of amides is 2. The van der Waals surface area contributed by atoms with Crippen LogP contribution in [0.15, 0.2) is 30.3 Å². The SMILES string of the molecule is CCOC(=O)CNC(=O)C(O)[C@H](COCc1ccccc1)NC(=O)[C@@H](N)CC(C)C. The zero-order valence-electron chi connectivity index (χ0n) is 17.8. The number of carbonyl (C=O) groups is 3. The van der Waals surface area contributed by atoms with Crippen LogP contribution in [0.25, 0.3) is 0 Å². The van der Waals surface area contributed by atoms with E-state index in [4.69, 9.17) is 15.2 Å². The van der Waals surface area contributed by atoms with Crippen molar-refractivity contribution in [2.75, 3.05) is 19.8 Å². The highest BCUT2D eigenvalue weighted by molar-refractivity contribution is 5.87. The van der Waals surface area contributed by atoms with Gasteiger partial charge in [0, 0.05) is 0 Å². The molecule has 0 saturated heterocycles. The molecule has 2 amide bonds. The summed E-state index contributed by atoms with van der Waals surface area (Å²) >= 11 is 0. The van der Waals surface area contributed by atoms with Crippen molar-refractivity contribution in [3.8, 4) is 0 Å². The van der Waals surface area contributed by atoms with E-state index >= 15 is 0 Å². The van der Waals surface area contributed by atoms with E-state index in [9.17, 15) is 19.5 Å². The summed E-state index contributed by atoms with van der Waals surface area (Å²) in [7, 11) is 0. The van der Waals surface area contributed by atoms with Crippen LogP contribution >= 0.6 is 0 Å². The molecule has 168 valence electrons. The maximum Gasteiger partial charge on any atom is 0.325 e. The molecular formula is C21H33N3O6. The smallest absolute Gasteiger partial charge is 0.325 e. The summed E-state index contributed by atoms with van der Waals surface area (Å²) in [5.74, 6) is -1.74. The van der Waals surface area contributed by atoms with E-state index in [0.29, 0.717) is 6.42 Å². The largest absolute Gasteiger partial charge is 0.465 e. The highest BCUT2D eigenvalue weighted by Crippen LogP contribution is 2.06. The van der Waals surface area contributed by atoms with Gasteiger partial charge < -0.3 is 30.9 Å². The Balaban J connectivity index is 2.72. The zero-order valence-corrected chi connectivity index (χ0v) is 17.8. The van der Waals surface area contributed by atoms with Gasteiger partial charge in [0.2, 0.25) is 5.91 Å². The first-order chi connectivity index (χ1) is 14.2. The molecule has 0 aliphatic heterocycles. The molecule has 0 spiro atoms. The van der Waals surface area contributed by atoms with Crippen LogP contribution in [0, 0.1) is 5.92 Å². The predicted molar refractivity (Wildman–Crippen MR) is 111 cm³/mol. The first-order valence-electron chi connectivity index (χ1n) is 10.0. The Kier molecular flexibility index (Phi) is 11.7. The zero-order chi connectivity index (χ0) is 22.5. The second kappa shape index (κ2) is 13.7. The van der Waals surface area contributed by atoms with E-state index in [2.05, 4.69) is 10.6 Å². The molecule has 0 bridgehead atoms. The van der Waals surface area contributed by atoms with Crippen molar-refractivity contribution in [1.29, 1.82) is 0 Å². The Hall–Kier alpha value is -2.49. The van der Waals surface area contributed by atoms with Gasteiger partial charge in [0.15, 0.2) is 6.10 Å². The molecule has 0 aliphatic rings. The maximum absolute atomic E-state index is 12.4. The van der Waals surface area contributed by atoms with Crippen molar-refractivity contribution in [3.63, 3.8) is 0 Å². The average molecular weight is 424 g/mol. The van der Waals surface area contributed by atoms with E-state index in [-0.39, 0.29) is 32.3 Å². The monoisotopic (exact) mass is 423 g/mol. The van der Waals surface area contributed by atoms with Crippen molar-refractivity contribution >= 4 is 17.8 Å². The van der Waals surface area contributed by atoms with Crippen LogP contribution in [0.3, 0.4) is 0 Å². The second-order valence-corrected chi connectivity index (χ2v) is 7.32. The Morgan fingerprint density at radius 2 is 1.80 bits per heavy atom. The number of rotatable bonds is 13. The number of ether oxygens (including phenoxy) is 2. The predicted octanol–water partition coefficient (Wildman–Crippen LogP) is 0.102. The average Bonchev–Trinajstić information content (AvgIpc) is 2.71. The van der Waals surface area contributed by atoms with Gasteiger partial charge in [-0.15, -0.1) is 0 Å². The third-order valence-corrected chi connectivity index (χ3v) is 4.16. The number of nitrogens with two attached hydrogens (primary N) is 1. The number of hydrogen-bond acceptors (Lipinski definition) is 7. The minimum absolute atomic E-state index is 0.122. The fraction of sp³-hybridized carbons (Fsp3) is 0.571. The summed E-state index contributed by atoms with van der Waals surface area (Å²) in [4.78, 5) is 36.0. The second-order valence-electron chi connectivity index (χ2n) is 7.32. The van der Waals surface area contributed by atoms with E-state index in [1.165, 1.54) is 0 Å². The summed E-state index contributed by atoms with van der Waals surface area (Å²) in [6, 6.07) is 7.52. The standard InChI is InChI=1S/C21H33N3O6/c1-4-30-18(25)11-23-21(28)19(26)17(24-20(27)16(22)10-14(2)3)13-29-12-15-8-6-5-7-9-15/h5-9,14,16-17,19,26H,4,10-13,22H2,1-3H3,(H,23,28)(H,24,27)/t16-,17-,19?/m0/s1. The Morgan fingerprint density at radius 3 is 2.40 bits per heavy atom. The fourth-order valence-corrected chi connectivity index (χ4v) is 2.65. The number of benzene rings is 1. The molecule has 30 heavy (non-hydrogen) atoms. The lowest BCUT2D eigenvalue weighted by atomic mass is 10.0. The number of aliphatic hydroxyl groups is 1. The summed E-state index contributed by atoms with van der Waals surface area (Å²) in [6.45, 7) is 5.42. The van der Waals surface area contributed by atoms with E-state index < -0.39 is 36.0 Å². The van der Waals surface area contributed by atoms with Crippen LogP contribution in [0.2, 0.25) is 0 Å². The first-order valence-corrected chi connectivity index (χ1v) is 10.0. The molecule has 0 aliphatic carbocycles. The van der Waals surface area contributed by atoms with Gasteiger partial charge in [0.1, 0.15) is 6.54 Å². The fourth-order valence-electron chi connectivity index (χ4n) is 2.65. The highest BCUT2D eigenvalue weighted by Gasteiger charge is 2.30. The summed E-state index contributed by atoms with van der Waals surface area (Å²) < 4.78 is 10.3. The molecule has 1 aromatic rings. The third kappa shape index (κ3) is 9.82. The number of carbonyl (C=O) groups excluding carboxylic acids is 3. The molecule has 0 aromatic heterocycles. The van der Waals surface area contributed by atoms with Crippen LogP contribution < -0.4 is 16.4 Å². The Bertz CT molecular complexity index is 668. The van der Waals surface area contributed by atoms with Crippen LogP contribution in [0.1, 0.15) is 32.8 Å². The molecule has 3 atom stereocenters. The Labute approximate surface area is 177 Å². The molecule has 5 N–H and O–H groups in total. The van der Waals surface area contributed by atoms with Crippen LogP contribution in [0.5, 0.6) is 0 Å². The van der Waals surface area contributed by atoms with Gasteiger partial charge in [-0.05, 0) is 24.8 Å². The van der Waals surface area contributed by atoms with Gasteiger partial charge in [0.25, 0.3) is 5.91 Å². The van der Waals surface area contributed by atoms with Gasteiger partial charge >= 0.3 is 5.97 Å². The minimum Gasteiger partial charge on any atom is -0.465 e.